The van der Waals surface area contributed by atoms with Gasteiger partial charge in [-0.05, 0) is 52.9 Å². The molecule has 3 aromatic rings. The lowest BCUT2D eigenvalue weighted by atomic mass is 10.1. The van der Waals surface area contributed by atoms with Crippen LogP contribution >= 0.6 is 22.6 Å². The second kappa shape index (κ2) is 5.65. The molecule has 0 saturated carbocycles. The molecule has 104 valence electrons. The summed E-state index contributed by atoms with van der Waals surface area (Å²) in [6.45, 7) is 0. The number of carboxylic acids is 1. The third kappa shape index (κ3) is 2.94. The molecule has 0 aliphatic heterocycles. The van der Waals surface area contributed by atoms with Crippen molar-refractivity contribution in [2.75, 3.05) is 0 Å². The molecular weight excluding hydrogens is 383 g/mol. The molecule has 0 fully saturated rings. The number of benzene rings is 2. The van der Waals surface area contributed by atoms with E-state index in [1.165, 1.54) is 12.1 Å². The Morgan fingerprint density at radius 2 is 1.86 bits per heavy atom. The van der Waals surface area contributed by atoms with E-state index in [0.717, 1.165) is 9.13 Å². The summed E-state index contributed by atoms with van der Waals surface area (Å²) in [5.74, 6) is -0.214. The highest BCUT2D eigenvalue weighted by atomic mass is 127. The highest BCUT2D eigenvalue weighted by Gasteiger charge is 2.12. The third-order valence-corrected chi connectivity index (χ3v) is 3.54. The van der Waals surface area contributed by atoms with Crippen LogP contribution in [0.2, 0.25) is 0 Å². The minimum atomic E-state index is -0.988. The summed E-state index contributed by atoms with van der Waals surface area (Å²) in [5, 5.41) is 12.9. The second-order valence-electron chi connectivity index (χ2n) is 4.32. The van der Waals surface area contributed by atoms with Gasteiger partial charge in [-0.1, -0.05) is 23.4 Å². The van der Waals surface area contributed by atoms with Gasteiger partial charge >= 0.3 is 5.97 Å². The first-order valence-corrected chi connectivity index (χ1v) is 7.15. The Morgan fingerprint density at radius 1 is 1.10 bits per heavy atom. The van der Waals surface area contributed by atoms with E-state index in [9.17, 15) is 4.79 Å². The first-order chi connectivity index (χ1) is 10.1. The average Bonchev–Trinajstić information content (AvgIpc) is 2.97. The van der Waals surface area contributed by atoms with E-state index in [-0.39, 0.29) is 5.56 Å². The smallest absolute Gasteiger partial charge is 0.335 e. The zero-order chi connectivity index (χ0) is 14.8. The summed E-state index contributed by atoms with van der Waals surface area (Å²) in [4.78, 5) is 15.3. The lowest BCUT2D eigenvalue weighted by molar-refractivity contribution is 0.0697. The number of carboxylic acid groups (broad SMARTS) is 1. The third-order valence-electron chi connectivity index (χ3n) is 2.87. The van der Waals surface area contributed by atoms with E-state index in [2.05, 4.69) is 32.7 Å². The quantitative estimate of drug-likeness (QED) is 0.688. The van der Waals surface area contributed by atoms with Crippen molar-refractivity contribution in [2.45, 2.75) is 0 Å². The largest absolute Gasteiger partial charge is 0.478 e. The zero-order valence-corrected chi connectivity index (χ0v) is 12.8. The van der Waals surface area contributed by atoms with Crippen LogP contribution < -0.4 is 0 Å². The number of nitrogens with zero attached hydrogens (tertiary/aromatic N) is 2. The van der Waals surface area contributed by atoms with Crippen molar-refractivity contribution in [1.82, 2.24) is 10.1 Å². The van der Waals surface area contributed by atoms with Crippen molar-refractivity contribution in [3.8, 4) is 22.8 Å². The van der Waals surface area contributed by atoms with Crippen LogP contribution in [-0.4, -0.2) is 21.2 Å². The molecule has 0 unspecified atom stereocenters. The van der Waals surface area contributed by atoms with Crippen molar-refractivity contribution < 1.29 is 14.4 Å². The van der Waals surface area contributed by atoms with Crippen LogP contribution in [0.3, 0.4) is 0 Å². The number of hydrogen-bond donors (Lipinski definition) is 1. The molecule has 6 heteroatoms. The molecule has 1 N–H and O–H groups in total. The maximum absolute atomic E-state index is 11.0. The molecule has 1 aromatic heterocycles. The van der Waals surface area contributed by atoms with Gasteiger partial charge in [-0.2, -0.15) is 4.98 Å². The summed E-state index contributed by atoms with van der Waals surface area (Å²) < 4.78 is 6.32. The molecule has 2 aromatic carbocycles. The van der Waals surface area contributed by atoms with Crippen LogP contribution in [0.4, 0.5) is 0 Å². The van der Waals surface area contributed by atoms with E-state index in [0.29, 0.717) is 17.3 Å². The SMILES string of the molecule is O=C(O)c1cccc(-c2noc(-c3cccc(I)c3)n2)c1. The van der Waals surface area contributed by atoms with Gasteiger partial charge in [0.2, 0.25) is 5.82 Å². The number of aromatic nitrogens is 2. The van der Waals surface area contributed by atoms with Gasteiger partial charge in [0.15, 0.2) is 0 Å². The van der Waals surface area contributed by atoms with Crippen molar-refractivity contribution in [3.05, 3.63) is 57.7 Å². The topological polar surface area (TPSA) is 76.2 Å². The minimum absolute atomic E-state index is 0.188. The molecular formula is C15H9IN2O3. The molecule has 0 amide bonds. The first-order valence-electron chi connectivity index (χ1n) is 6.07. The lowest BCUT2D eigenvalue weighted by Gasteiger charge is -1.97. The Balaban J connectivity index is 1.98. The van der Waals surface area contributed by atoms with Crippen molar-refractivity contribution in [1.29, 1.82) is 0 Å². The van der Waals surface area contributed by atoms with Gasteiger partial charge in [-0.25, -0.2) is 4.79 Å². The second-order valence-corrected chi connectivity index (χ2v) is 5.57. The van der Waals surface area contributed by atoms with Crippen LogP contribution in [0.5, 0.6) is 0 Å². The zero-order valence-electron chi connectivity index (χ0n) is 10.7. The number of halogens is 1. The van der Waals surface area contributed by atoms with Gasteiger partial charge in [0, 0.05) is 14.7 Å². The van der Waals surface area contributed by atoms with Gasteiger partial charge in [0.25, 0.3) is 5.89 Å². The van der Waals surface area contributed by atoms with Crippen LogP contribution in [0.15, 0.2) is 53.1 Å². The normalized spacial score (nSPS) is 10.5. The molecule has 3 rings (SSSR count). The first kappa shape index (κ1) is 13.7. The molecule has 0 saturated heterocycles. The van der Waals surface area contributed by atoms with E-state index in [1.807, 2.05) is 24.3 Å². The Morgan fingerprint density at radius 3 is 2.62 bits per heavy atom. The van der Waals surface area contributed by atoms with Crippen LogP contribution in [0.1, 0.15) is 10.4 Å². The van der Waals surface area contributed by atoms with Crippen LogP contribution in [0, 0.1) is 3.57 Å². The molecule has 1 heterocycles. The Bertz CT molecular complexity index is 814. The Hall–Kier alpha value is -2.22. The van der Waals surface area contributed by atoms with Crippen molar-refractivity contribution in [3.63, 3.8) is 0 Å². The van der Waals surface area contributed by atoms with Crippen molar-refractivity contribution in [2.24, 2.45) is 0 Å². The maximum Gasteiger partial charge on any atom is 0.335 e. The Kier molecular flexibility index (Phi) is 3.70. The number of hydrogen-bond acceptors (Lipinski definition) is 4. The molecule has 0 aliphatic carbocycles. The van der Waals surface area contributed by atoms with Crippen LogP contribution in [0.25, 0.3) is 22.8 Å². The molecule has 0 bridgehead atoms. The van der Waals surface area contributed by atoms with Gasteiger partial charge in [0.05, 0.1) is 5.56 Å². The predicted molar refractivity (Wildman–Crippen MR) is 84.8 cm³/mol. The average molecular weight is 392 g/mol. The van der Waals surface area contributed by atoms with Gasteiger partial charge in [-0.15, -0.1) is 0 Å². The number of aromatic carboxylic acids is 1. The standard InChI is InChI=1S/C15H9IN2O3/c16-12-6-2-4-10(8-12)14-17-13(18-21-14)9-3-1-5-11(7-9)15(19)20/h1-8H,(H,19,20). The highest BCUT2D eigenvalue weighted by Crippen LogP contribution is 2.23. The Labute approximate surface area is 133 Å². The summed E-state index contributed by atoms with van der Waals surface area (Å²) in [6.07, 6.45) is 0. The van der Waals surface area contributed by atoms with Crippen molar-refractivity contribution >= 4 is 28.6 Å². The molecule has 0 atom stereocenters. The molecule has 0 spiro atoms. The van der Waals surface area contributed by atoms with E-state index < -0.39 is 5.97 Å². The fourth-order valence-corrected chi connectivity index (χ4v) is 2.41. The lowest BCUT2D eigenvalue weighted by Crippen LogP contribution is -1.96. The molecule has 5 nitrogen and oxygen atoms in total. The molecule has 21 heavy (non-hydrogen) atoms. The molecule has 0 aliphatic rings. The van der Waals surface area contributed by atoms with Gasteiger partial charge in [-0.3, -0.25) is 0 Å². The summed E-state index contributed by atoms with van der Waals surface area (Å²) >= 11 is 2.21. The monoisotopic (exact) mass is 392 g/mol. The summed E-state index contributed by atoms with van der Waals surface area (Å²) in [6, 6.07) is 14.1. The van der Waals surface area contributed by atoms with Gasteiger partial charge in [0.1, 0.15) is 0 Å². The van der Waals surface area contributed by atoms with E-state index in [4.69, 9.17) is 9.63 Å². The predicted octanol–water partition coefficient (Wildman–Crippen LogP) is 3.71. The van der Waals surface area contributed by atoms with E-state index >= 15 is 0 Å². The highest BCUT2D eigenvalue weighted by molar-refractivity contribution is 14.1. The number of rotatable bonds is 3. The minimum Gasteiger partial charge on any atom is -0.478 e. The van der Waals surface area contributed by atoms with Crippen LogP contribution in [-0.2, 0) is 0 Å². The summed E-state index contributed by atoms with van der Waals surface area (Å²) in [7, 11) is 0. The summed E-state index contributed by atoms with van der Waals surface area (Å²) in [5.41, 5.74) is 1.62. The fraction of sp³-hybridized carbons (Fsp3) is 0. The maximum atomic E-state index is 11.0. The molecule has 0 radical (unpaired) electrons. The fourth-order valence-electron chi connectivity index (χ4n) is 1.87. The van der Waals surface area contributed by atoms with E-state index in [1.54, 1.807) is 12.1 Å². The van der Waals surface area contributed by atoms with Gasteiger partial charge < -0.3 is 9.63 Å². The number of carbonyl (C=O) groups is 1.